The lowest BCUT2D eigenvalue weighted by Gasteiger charge is -2.23. The molecular formula is C15H31N3O2. The summed E-state index contributed by atoms with van der Waals surface area (Å²) in [6.45, 7) is 8.97. The van der Waals surface area contributed by atoms with Crippen LogP contribution in [0.15, 0.2) is 0 Å². The van der Waals surface area contributed by atoms with E-state index in [1.165, 1.54) is 0 Å². The smallest absolute Gasteiger partial charge is 0.227 e. The van der Waals surface area contributed by atoms with Crippen LogP contribution in [0.4, 0.5) is 0 Å². The molecule has 5 heteroatoms. The highest BCUT2D eigenvalue weighted by Gasteiger charge is 2.27. The minimum atomic E-state index is -0.584. The zero-order valence-corrected chi connectivity index (χ0v) is 13.6. The third-order valence-corrected chi connectivity index (χ3v) is 3.79. The third-order valence-electron chi connectivity index (χ3n) is 3.79. The summed E-state index contributed by atoms with van der Waals surface area (Å²) in [7, 11) is 1.60. The van der Waals surface area contributed by atoms with Gasteiger partial charge in [0.05, 0.1) is 5.41 Å². The molecule has 0 aromatic rings. The maximum atomic E-state index is 11.9. The van der Waals surface area contributed by atoms with Crippen LogP contribution in [0.1, 0.15) is 47.0 Å². The molecule has 0 aromatic heterocycles. The van der Waals surface area contributed by atoms with Crippen molar-refractivity contribution in [2.75, 3.05) is 20.1 Å². The van der Waals surface area contributed by atoms with E-state index in [-0.39, 0.29) is 11.8 Å². The average Bonchev–Trinajstić information content (AvgIpc) is 2.39. The topological polar surface area (TPSA) is 84.2 Å². The molecule has 0 rings (SSSR count). The SMILES string of the molecule is CNC(=O)C(C)(C)CNC(=O)CCC(CCN)C(C)C. The van der Waals surface area contributed by atoms with Crippen molar-refractivity contribution in [2.45, 2.75) is 47.0 Å². The molecule has 0 aliphatic heterocycles. The van der Waals surface area contributed by atoms with E-state index in [0.717, 1.165) is 12.8 Å². The molecule has 20 heavy (non-hydrogen) atoms. The molecule has 0 aromatic carbocycles. The Hall–Kier alpha value is -1.10. The summed E-state index contributed by atoms with van der Waals surface area (Å²) < 4.78 is 0. The molecule has 0 heterocycles. The lowest BCUT2D eigenvalue weighted by Crippen LogP contribution is -2.43. The second-order valence-electron chi connectivity index (χ2n) is 6.36. The fourth-order valence-corrected chi connectivity index (χ4v) is 2.17. The van der Waals surface area contributed by atoms with Crippen molar-refractivity contribution in [2.24, 2.45) is 23.0 Å². The summed E-state index contributed by atoms with van der Waals surface area (Å²) in [6.07, 6.45) is 2.29. The van der Waals surface area contributed by atoms with Crippen LogP contribution in [0.2, 0.25) is 0 Å². The summed E-state index contributed by atoms with van der Waals surface area (Å²) in [5, 5.41) is 5.45. The Kier molecular flexibility index (Phi) is 8.46. The first-order valence-corrected chi connectivity index (χ1v) is 7.43. The van der Waals surface area contributed by atoms with Crippen LogP contribution < -0.4 is 16.4 Å². The first-order chi connectivity index (χ1) is 9.24. The van der Waals surface area contributed by atoms with Gasteiger partial charge in [-0.05, 0) is 45.1 Å². The van der Waals surface area contributed by atoms with E-state index >= 15 is 0 Å². The molecule has 0 radical (unpaired) electrons. The first-order valence-electron chi connectivity index (χ1n) is 7.43. The van der Waals surface area contributed by atoms with Crippen LogP contribution in [0, 0.1) is 17.3 Å². The Labute approximate surface area is 123 Å². The van der Waals surface area contributed by atoms with Crippen LogP contribution >= 0.6 is 0 Å². The Morgan fingerprint density at radius 3 is 2.25 bits per heavy atom. The zero-order valence-electron chi connectivity index (χ0n) is 13.6. The Morgan fingerprint density at radius 2 is 1.80 bits per heavy atom. The number of nitrogens with one attached hydrogen (secondary N) is 2. The van der Waals surface area contributed by atoms with Gasteiger partial charge in [0.1, 0.15) is 0 Å². The fourth-order valence-electron chi connectivity index (χ4n) is 2.17. The number of nitrogens with two attached hydrogens (primary N) is 1. The maximum absolute atomic E-state index is 11.9. The van der Waals surface area contributed by atoms with E-state index in [1.807, 2.05) is 13.8 Å². The molecule has 2 amide bonds. The molecule has 4 N–H and O–H groups in total. The Bertz CT molecular complexity index is 314. The van der Waals surface area contributed by atoms with Crippen LogP contribution in [0.3, 0.4) is 0 Å². The second-order valence-corrected chi connectivity index (χ2v) is 6.36. The van der Waals surface area contributed by atoms with Crippen molar-refractivity contribution in [3.05, 3.63) is 0 Å². The normalized spacial score (nSPS) is 13.2. The quantitative estimate of drug-likeness (QED) is 0.596. The van der Waals surface area contributed by atoms with Crippen molar-refractivity contribution < 1.29 is 9.59 Å². The molecule has 0 aliphatic carbocycles. The number of hydrogen-bond acceptors (Lipinski definition) is 3. The van der Waals surface area contributed by atoms with E-state index in [2.05, 4.69) is 24.5 Å². The fraction of sp³-hybridized carbons (Fsp3) is 0.867. The van der Waals surface area contributed by atoms with Crippen molar-refractivity contribution in [3.63, 3.8) is 0 Å². The molecule has 0 aliphatic rings. The highest BCUT2D eigenvalue weighted by molar-refractivity contribution is 5.83. The molecule has 5 nitrogen and oxygen atoms in total. The van der Waals surface area contributed by atoms with Gasteiger partial charge in [0.2, 0.25) is 11.8 Å². The lowest BCUT2D eigenvalue weighted by atomic mass is 9.88. The number of carbonyl (C=O) groups excluding carboxylic acids is 2. The predicted molar refractivity (Wildman–Crippen MR) is 82.1 cm³/mol. The summed E-state index contributed by atoms with van der Waals surface area (Å²) in [5.41, 5.74) is 5.01. The molecule has 0 saturated carbocycles. The number of carbonyl (C=O) groups is 2. The summed E-state index contributed by atoms with van der Waals surface area (Å²) in [6, 6.07) is 0. The van der Waals surface area contributed by atoms with E-state index in [0.29, 0.717) is 31.3 Å². The van der Waals surface area contributed by atoms with Crippen molar-refractivity contribution in [1.29, 1.82) is 0 Å². The number of hydrogen-bond donors (Lipinski definition) is 3. The molecule has 0 bridgehead atoms. The van der Waals surface area contributed by atoms with Gasteiger partial charge in [-0.3, -0.25) is 9.59 Å². The van der Waals surface area contributed by atoms with Crippen molar-refractivity contribution in [3.8, 4) is 0 Å². The first kappa shape index (κ1) is 18.9. The van der Waals surface area contributed by atoms with E-state index in [9.17, 15) is 9.59 Å². The lowest BCUT2D eigenvalue weighted by molar-refractivity contribution is -0.129. The molecule has 0 saturated heterocycles. The van der Waals surface area contributed by atoms with Crippen molar-refractivity contribution in [1.82, 2.24) is 10.6 Å². The minimum Gasteiger partial charge on any atom is -0.359 e. The van der Waals surface area contributed by atoms with Gasteiger partial charge < -0.3 is 16.4 Å². The van der Waals surface area contributed by atoms with E-state index in [4.69, 9.17) is 5.73 Å². The van der Waals surface area contributed by atoms with Gasteiger partial charge in [-0.1, -0.05) is 13.8 Å². The van der Waals surface area contributed by atoms with Gasteiger partial charge in [0.25, 0.3) is 0 Å². The number of rotatable bonds is 9. The Morgan fingerprint density at radius 1 is 1.20 bits per heavy atom. The standard InChI is InChI=1S/C15H31N3O2/c1-11(2)12(8-9-16)6-7-13(19)18-10-15(3,4)14(20)17-5/h11-12H,6-10,16H2,1-5H3,(H,17,20)(H,18,19). The number of amides is 2. The second kappa shape index (κ2) is 8.95. The van der Waals surface area contributed by atoms with Gasteiger partial charge >= 0.3 is 0 Å². The third kappa shape index (κ3) is 6.89. The van der Waals surface area contributed by atoms with Gasteiger partial charge in [0, 0.05) is 20.0 Å². The summed E-state index contributed by atoms with van der Waals surface area (Å²) in [4.78, 5) is 23.5. The van der Waals surface area contributed by atoms with E-state index in [1.54, 1.807) is 7.05 Å². The predicted octanol–water partition coefficient (Wildman–Crippen LogP) is 1.28. The van der Waals surface area contributed by atoms with Gasteiger partial charge in [-0.15, -0.1) is 0 Å². The van der Waals surface area contributed by atoms with Crippen LogP contribution in [-0.2, 0) is 9.59 Å². The van der Waals surface area contributed by atoms with Gasteiger partial charge in [-0.2, -0.15) is 0 Å². The largest absolute Gasteiger partial charge is 0.359 e. The minimum absolute atomic E-state index is 0.00431. The Balaban J connectivity index is 4.14. The average molecular weight is 285 g/mol. The monoisotopic (exact) mass is 285 g/mol. The highest BCUT2D eigenvalue weighted by Crippen LogP contribution is 2.20. The zero-order chi connectivity index (χ0) is 15.8. The molecule has 118 valence electrons. The van der Waals surface area contributed by atoms with Crippen LogP contribution in [0.5, 0.6) is 0 Å². The van der Waals surface area contributed by atoms with Crippen LogP contribution in [0.25, 0.3) is 0 Å². The summed E-state index contributed by atoms with van der Waals surface area (Å²) in [5.74, 6) is 0.956. The summed E-state index contributed by atoms with van der Waals surface area (Å²) >= 11 is 0. The molecule has 0 fully saturated rings. The van der Waals surface area contributed by atoms with Crippen molar-refractivity contribution >= 4 is 11.8 Å². The molecule has 1 atom stereocenters. The van der Waals surface area contributed by atoms with Crippen LogP contribution in [-0.4, -0.2) is 32.0 Å². The maximum Gasteiger partial charge on any atom is 0.227 e. The van der Waals surface area contributed by atoms with E-state index < -0.39 is 5.41 Å². The molecule has 0 spiro atoms. The molecule has 1 unspecified atom stereocenters. The van der Waals surface area contributed by atoms with Gasteiger partial charge in [0.15, 0.2) is 0 Å². The van der Waals surface area contributed by atoms with Gasteiger partial charge in [-0.25, -0.2) is 0 Å². The highest BCUT2D eigenvalue weighted by atomic mass is 16.2. The molecular weight excluding hydrogens is 254 g/mol.